The molecule has 0 aromatic rings. The molecule has 1 amide bonds. The summed E-state index contributed by atoms with van der Waals surface area (Å²) in [5.41, 5.74) is 6.25. The summed E-state index contributed by atoms with van der Waals surface area (Å²) in [6.45, 7) is 7.21. The molecule has 3 nitrogen and oxygen atoms in total. The monoisotopic (exact) mass is 238 g/mol. The molecule has 98 valence electrons. The number of rotatable bonds is 4. The lowest BCUT2D eigenvalue weighted by Crippen LogP contribution is -2.49. The van der Waals surface area contributed by atoms with Crippen LogP contribution in [0.25, 0.3) is 0 Å². The second kappa shape index (κ2) is 4.97. The first-order valence-corrected chi connectivity index (χ1v) is 7.12. The Morgan fingerprint density at radius 1 is 1.35 bits per heavy atom. The molecule has 4 atom stereocenters. The quantitative estimate of drug-likeness (QED) is 0.814. The Hall–Kier alpha value is -0.570. The van der Waals surface area contributed by atoms with Crippen molar-refractivity contribution in [1.29, 1.82) is 0 Å². The molecular formula is C14H26N2O. The van der Waals surface area contributed by atoms with Gasteiger partial charge in [-0.05, 0) is 51.4 Å². The molecule has 2 saturated carbocycles. The molecule has 0 aromatic carbocycles. The lowest BCUT2D eigenvalue weighted by molar-refractivity contribution is -0.139. The predicted octanol–water partition coefficient (Wildman–Crippen LogP) is 2.01. The fourth-order valence-electron chi connectivity index (χ4n) is 3.76. The van der Waals surface area contributed by atoms with Crippen molar-refractivity contribution < 1.29 is 4.79 Å². The van der Waals surface area contributed by atoms with Crippen molar-refractivity contribution in [2.75, 3.05) is 6.54 Å². The van der Waals surface area contributed by atoms with E-state index >= 15 is 0 Å². The second-order valence-corrected chi connectivity index (χ2v) is 6.06. The lowest BCUT2D eigenvalue weighted by Gasteiger charge is -2.34. The first kappa shape index (κ1) is 12.9. The van der Waals surface area contributed by atoms with E-state index in [0.29, 0.717) is 23.8 Å². The van der Waals surface area contributed by atoms with Gasteiger partial charge < -0.3 is 10.6 Å². The molecule has 0 spiro atoms. The van der Waals surface area contributed by atoms with E-state index in [1.165, 1.54) is 19.3 Å². The average molecular weight is 238 g/mol. The Bertz CT molecular complexity index is 288. The van der Waals surface area contributed by atoms with E-state index < -0.39 is 0 Å². The minimum absolute atomic E-state index is 0.114. The molecule has 2 bridgehead atoms. The van der Waals surface area contributed by atoms with Gasteiger partial charge >= 0.3 is 0 Å². The first-order valence-electron chi connectivity index (χ1n) is 7.12. The van der Waals surface area contributed by atoms with Crippen molar-refractivity contribution in [3.63, 3.8) is 0 Å². The SMILES string of the molecule is CCCN(C(=O)C1C2CCC(C2)C1N)C(C)C. The zero-order valence-corrected chi connectivity index (χ0v) is 11.4. The van der Waals surface area contributed by atoms with E-state index in [1.54, 1.807) is 0 Å². The summed E-state index contributed by atoms with van der Waals surface area (Å²) in [4.78, 5) is 14.7. The summed E-state index contributed by atoms with van der Waals surface area (Å²) in [6.07, 6.45) is 4.67. The molecule has 4 unspecified atom stereocenters. The number of fused-ring (bicyclic) bond motifs is 2. The Morgan fingerprint density at radius 2 is 2.00 bits per heavy atom. The molecule has 2 aliphatic carbocycles. The van der Waals surface area contributed by atoms with Crippen LogP contribution in [0.4, 0.5) is 0 Å². The summed E-state index contributed by atoms with van der Waals surface area (Å²) in [7, 11) is 0. The van der Waals surface area contributed by atoms with Crippen LogP contribution in [0.2, 0.25) is 0 Å². The molecule has 2 aliphatic rings. The molecule has 3 heteroatoms. The van der Waals surface area contributed by atoms with Crippen molar-refractivity contribution in [3.8, 4) is 0 Å². The van der Waals surface area contributed by atoms with Crippen molar-refractivity contribution >= 4 is 5.91 Å². The van der Waals surface area contributed by atoms with E-state index in [4.69, 9.17) is 5.73 Å². The molecule has 0 heterocycles. The van der Waals surface area contributed by atoms with Gasteiger partial charge in [0.1, 0.15) is 0 Å². The summed E-state index contributed by atoms with van der Waals surface area (Å²) in [5.74, 6) is 1.62. The third kappa shape index (κ3) is 2.22. The number of hydrogen-bond acceptors (Lipinski definition) is 2. The van der Waals surface area contributed by atoms with E-state index in [2.05, 4.69) is 20.8 Å². The van der Waals surface area contributed by atoms with Gasteiger partial charge in [0, 0.05) is 18.6 Å². The van der Waals surface area contributed by atoms with E-state index in [0.717, 1.165) is 13.0 Å². The van der Waals surface area contributed by atoms with Crippen molar-refractivity contribution in [2.24, 2.45) is 23.5 Å². The minimum Gasteiger partial charge on any atom is -0.340 e. The Morgan fingerprint density at radius 3 is 2.47 bits per heavy atom. The third-order valence-corrected chi connectivity index (χ3v) is 4.64. The van der Waals surface area contributed by atoms with Crippen LogP contribution in [0.15, 0.2) is 0 Å². The number of nitrogens with zero attached hydrogens (tertiary/aromatic N) is 1. The number of carbonyl (C=O) groups is 1. The van der Waals surface area contributed by atoms with Crippen LogP contribution in [0.1, 0.15) is 46.5 Å². The Balaban J connectivity index is 2.08. The van der Waals surface area contributed by atoms with E-state index in [-0.39, 0.29) is 12.0 Å². The number of amides is 1. The predicted molar refractivity (Wildman–Crippen MR) is 69.4 cm³/mol. The van der Waals surface area contributed by atoms with Gasteiger partial charge in [-0.25, -0.2) is 0 Å². The highest BCUT2D eigenvalue weighted by molar-refractivity contribution is 5.80. The van der Waals surface area contributed by atoms with Crippen molar-refractivity contribution in [2.45, 2.75) is 58.5 Å². The van der Waals surface area contributed by atoms with Crippen LogP contribution >= 0.6 is 0 Å². The molecule has 0 saturated heterocycles. The topological polar surface area (TPSA) is 46.3 Å². The Kier molecular flexibility index (Phi) is 3.76. The van der Waals surface area contributed by atoms with E-state index in [1.807, 2.05) is 4.90 Å². The van der Waals surface area contributed by atoms with Gasteiger partial charge in [-0.1, -0.05) is 6.92 Å². The Labute approximate surface area is 105 Å². The van der Waals surface area contributed by atoms with Crippen molar-refractivity contribution in [3.05, 3.63) is 0 Å². The van der Waals surface area contributed by atoms with Crippen LogP contribution < -0.4 is 5.73 Å². The van der Waals surface area contributed by atoms with Gasteiger partial charge in [-0.15, -0.1) is 0 Å². The van der Waals surface area contributed by atoms with Crippen LogP contribution in [0.5, 0.6) is 0 Å². The van der Waals surface area contributed by atoms with Gasteiger partial charge in [-0.2, -0.15) is 0 Å². The lowest BCUT2D eigenvalue weighted by atomic mass is 9.83. The van der Waals surface area contributed by atoms with Crippen LogP contribution in [0, 0.1) is 17.8 Å². The standard InChI is InChI=1S/C14H26N2O/c1-4-7-16(9(2)3)14(17)12-10-5-6-11(8-10)13(12)15/h9-13H,4-8,15H2,1-3H3. The molecule has 0 aliphatic heterocycles. The molecule has 2 fully saturated rings. The highest BCUT2D eigenvalue weighted by atomic mass is 16.2. The maximum Gasteiger partial charge on any atom is 0.227 e. The van der Waals surface area contributed by atoms with Gasteiger partial charge in [0.2, 0.25) is 5.91 Å². The smallest absolute Gasteiger partial charge is 0.227 e. The first-order chi connectivity index (χ1) is 8.06. The van der Waals surface area contributed by atoms with Crippen LogP contribution in [-0.4, -0.2) is 29.4 Å². The van der Waals surface area contributed by atoms with Crippen molar-refractivity contribution in [1.82, 2.24) is 4.90 Å². The van der Waals surface area contributed by atoms with Gasteiger partial charge in [0.15, 0.2) is 0 Å². The fraction of sp³-hybridized carbons (Fsp3) is 0.929. The highest BCUT2D eigenvalue weighted by Gasteiger charge is 2.50. The zero-order chi connectivity index (χ0) is 12.6. The second-order valence-electron chi connectivity index (χ2n) is 6.06. The maximum absolute atomic E-state index is 12.6. The molecule has 17 heavy (non-hydrogen) atoms. The minimum atomic E-state index is 0.114. The van der Waals surface area contributed by atoms with Crippen LogP contribution in [0.3, 0.4) is 0 Å². The summed E-state index contributed by atoms with van der Waals surface area (Å²) in [5, 5.41) is 0. The van der Waals surface area contributed by atoms with Crippen LogP contribution in [-0.2, 0) is 4.79 Å². The normalized spacial score (nSPS) is 35.6. The third-order valence-electron chi connectivity index (χ3n) is 4.64. The summed E-state index contributed by atoms with van der Waals surface area (Å²) in [6, 6.07) is 0.424. The molecule has 2 rings (SSSR count). The number of nitrogens with two attached hydrogens (primary N) is 1. The van der Waals surface area contributed by atoms with Gasteiger partial charge in [0.05, 0.1) is 5.92 Å². The molecule has 0 radical (unpaired) electrons. The maximum atomic E-state index is 12.6. The molecule has 2 N–H and O–H groups in total. The fourth-order valence-corrected chi connectivity index (χ4v) is 3.76. The summed E-state index contributed by atoms with van der Waals surface area (Å²) >= 11 is 0. The van der Waals surface area contributed by atoms with E-state index in [9.17, 15) is 4.79 Å². The molecule has 0 aromatic heterocycles. The number of carbonyl (C=O) groups excluding carboxylic acids is 1. The highest BCUT2D eigenvalue weighted by Crippen LogP contribution is 2.48. The average Bonchev–Trinajstić information content (AvgIpc) is 2.84. The number of hydrogen-bond donors (Lipinski definition) is 1. The zero-order valence-electron chi connectivity index (χ0n) is 11.4. The largest absolute Gasteiger partial charge is 0.340 e. The molecular weight excluding hydrogens is 212 g/mol. The summed E-state index contributed by atoms with van der Waals surface area (Å²) < 4.78 is 0. The van der Waals surface area contributed by atoms with Gasteiger partial charge in [0.25, 0.3) is 0 Å². The van der Waals surface area contributed by atoms with Gasteiger partial charge in [-0.3, -0.25) is 4.79 Å².